The van der Waals surface area contributed by atoms with Crippen LogP contribution in [-0.2, 0) is 4.79 Å². The average molecular weight is 481 g/mol. The summed E-state index contributed by atoms with van der Waals surface area (Å²) in [6.07, 6.45) is 4.54. The van der Waals surface area contributed by atoms with Crippen LogP contribution in [0.15, 0.2) is 4.99 Å². The Kier molecular flexibility index (Phi) is 14.2. The zero-order chi connectivity index (χ0) is 18.7. The Morgan fingerprint density at radius 3 is 2.23 bits per heavy atom. The molecule has 6 nitrogen and oxygen atoms in total. The van der Waals surface area contributed by atoms with Crippen LogP contribution in [0, 0.1) is 0 Å². The minimum atomic E-state index is 0. The number of guanidine groups is 1. The van der Waals surface area contributed by atoms with E-state index < -0.39 is 0 Å². The molecule has 0 aromatic heterocycles. The highest BCUT2D eigenvalue weighted by Gasteiger charge is 2.16. The Balaban J connectivity index is 0.00000625. The Morgan fingerprint density at radius 2 is 1.69 bits per heavy atom. The van der Waals surface area contributed by atoms with Crippen molar-refractivity contribution in [3.63, 3.8) is 0 Å². The molecule has 1 saturated heterocycles. The molecule has 154 valence electrons. The second-order valence-corrected chi connectivity index (χ2v) is 7.34. The van der Waals surface area contributed by atoms with Crippen molar-refractivity contribution in [3.05, 3.63) is 0 Å². The first-order valence-corrected chi connectivity index (χ1v) is 10.0. The van der Waals surface area contributed by atoms with Gasteiger partial charge in [-0.2, -0.15) is 0 Å². The van der Waals surface area contributed by atoms with Gasteiger partial charge < -0.3 is 15.5 Å². The second kappa shape index (κ2) is 14.5. The Bertz CT molecular complexity index is 401. The van der Waals surface area contributed by atoms with Gasteiger partial charge in [-0.15, -0.1) is 24.0 Å². The maximum atomic E-state index is 12.2. The Hall–Kier alpha value is -0.570. The normalized spacial score (nSPS) is 15.4. The predicted molar refractivity (Wildman–Crippen MR) is 121 cm³/mol. The standard InChI is InChI=1S/C19H39N5O.HI/c1-6-20-19(21-11-10-14-24(16(2)3)17(4)5)22-15-18(25)23-12-8-7-9-13-23;/h16-17H,6-15H2,1-5H3,(H2,20,21,22);1H. The molecule has 0 atom stereocenters. The van der Waals surface area contributed by atoms with E-state index in [1.807, 2.05) is 11.8 Å². The summed E-state index contributed by atoms with van der Waals surface area (Å²) in [5.74, 6) is 0.885. The average Bonchev–Trinajstić information content (AvgIpc) is 2.59. The van der Waals surface area contributed by atoms with Crippen LogP contribution in [0.3, 0.4) is 0 Å². The lowest BCUT2D eigenvalue weighted by Crippen LogP contribution is -2.42. The largest absolute Gasteiger partial charge is 0.357 e. The molecule has 1 heterocycles. The fraction of sp³-hybridized carbons (Fsp3) is 0.895. The van der Waals surface area contributed by atoms with Gasteiger partial charge in [-0.25, -0.2) is 4.99 Å². The van der Waals surface area contributed by atoms with Gasteiger partial charge in [0, 0.05) is 44.8 Å². The molecular formula is C19H40IN5O. The van der Waals surface area contributed by atoms with Gasteiger partial charge in [0.2, 0.25) is 5.91 Å². The topological polar surface area (TPSA) is 60.0 Å². The molecule has 26 heavy (non-hydrogen) atoms. The van der Waals surface area contributed by atoms with Crippen LogP contribution in [0.2, 0.25) is 0 Å². The molecule has 0 saturated carbocycles. The number of piperidine rings is 1. The number of hydrogen-bond acceptors (Lipinski definition) is 3. The monoisotopic (exact) mass is 481 g/mol. The van der Waals surface area contributed by atoms with Crippen LogP contribution in [0.1, 0.15) is 60.3 Å². The van der Waals surface area contributed by atoms with Gasteiger partial charge in [-0.3, -0.25) is 9.69 Å². The maximum Gasteiger partial charge on any atom is 0.244 e. The smallest absolute Gasteiger partial charge is 0.244 e. The van der Waals surface area contributed by atoms with Crippen molar-refractivity contribution in [2.24, 2.45) is 4.99 Å². The summed E-state index contributed by atoms with van der Waals surface area (Å²) in [7, 11) is 0. The summed E-state index contributed by atoms with van der Waals surface area (Å²) in [6, 6.07) is 1.12. The molecule has 0 aromatic rings. The number of aliphatic imine (C=N–C) groups is 1. The third-order valence-electron chi connectivity index (χ3n) is 4.64. The summed E-state index contributed by atoms with van der Waals surface area (Å²) in [6.45, 7) is 15.7. The third kappa shape index (κ3) is 9.94. The molecule has 1 amide bonds. The number of hydrogen-bond donors (Lipinski definition) is 2. The Morgan fingerprint density at radius 1 is 1.08 bits per heavy atom. The first-order chi connectivity index (χ1) is 12.0. The van der Waals surface area contributed by atoms with E-state index >= 15 is 0 Å². The molecular weight excluding hydrogens is 441 g/mol. The number of carbonyl (C=O) groups excluding carboxylic acids is 1. The molecule has 0 unspecified atom stereocenters. The molecule has 0 aromatic carbocycles. The number of nitrogens with one attached hydrogen (secondary N) is 2. The summed E-state index contributed by atoms with van der Waals surface area (Å²) >= 11 is 0. The van der Waals surface area contributed by atoms with Crippen molar-refractivity contribution in [3.8, 4) is 0 Å². The van der Waals surface area contributed by atoms with E-state index in [0.717, 1.165) is 57.9 Å². The van der Waals surface area contributed by atoms with Crippen LogP contribution in [0.25, 0.3) is 0 Å². The summed E-state index contributed by atoms with van der Waals surface area (Å²) in [4.78, 5) is 21.1. The highest BCUT2D eigenvalue weighted by molar-refractivity contribution is 14.0. The minimum Gasteiger partial charge on any atom is -0.357 e. The van der Waals surface area contributed by atoms with Crippen molar-refractivity contribution in [1.29, 1.82) is 0 Å². The highest BCUT2D eigenvalue weighted by Crippen LogP contribution is 2.08. The van der Waals surface area contributed by atoms with Crippen molar-refractivity contribution in [2.75, 3.05) is 39.3 Å². The molecule has 1 rings (SSSR count). The second-order valence-electron chi connectivity index (χ2n) is 7.34. The van der Waals surface area contributed by atoms with Crippen LogP contribution < -0.4 is 10.6 Å². The van der Waals surface area contributed by atoms with Crippen LogP contribution in [-0.4, -0.2) is 73.0 Å². The molecule has 7 heteroatoms. The zero-order valence-corrected chi connectivity index (χ0v) is 19.7. The van der Waals surface area contributed by atoms with Gasteiger partial charge in [0.05, 0.1) is 0 Å². The molecule has 0 aliphatic carbocycles. The van der Waals surface area contributed by atoms with E-state index in [1.54, 1.807) is 0 Å². The van der Waals surface area contributed by atoms with Crippen molar-refractivity contribution in [2.45, 2.75) is 72.4 Å². The van der Waals surface area contributed by atoms with E-state index in [1.165, 1.54) is 6.42 Å². The van der Waals surface area contributed by atoms with E-state index in [0.29, 0.717) is 12.1 Å². The van der Waals surface area contributed by atoms with Crippen LogP contribution in [0.5, 0.6) is 0 Å². The number of amides is 1. The van der Waals surface area contributed by atoms with Crippen LogP contribution >= 0.6 is 24.0 Å². The minimum absolute atomic E-state index is 0. The quantitative estimate of drug-likeness (QED) is 0.230. The van der Waals surface area contributed by atoms with Crippen LogP contribution in [0.4, 0.5) is 0 Å². The first kappa shape index (κ1) is 25.4. The molecule has 2 N–H and O–H groups in total. The van der Waals surface area contributed by atoms with E-state index in [9.17, 15) is 4.79 Å². The summed E-state index contributed by atoms with van der Waals surface area (Å²) < 4.78 is 0. The molecule has 0 bridgehead atoms. The van der Waals surface area contributed by atoms with Crippen molar-refractivity contribution in [1.82, 2.24) is 20.4 Å². The number of likely N-dealkylation sites (tertiary alicyclic amines) is 1. The lowest BCUT2D eigenvalue weighted by atomic mass is 10.1. The number of carbonyl (C=O) groups is 1. The van der Waals surface area contributed by atoms with Gasteiger partial charge in [0.1, 0.15) is 6.54 Å². The lowest BCUT2D eigenvalue weighted by molar-refractivity contribution is -0.130. The third-order valence-corrected chi connectivity index (χ3v) is 4.64. The fourth-order valence-corrected chi connectivity index (χ4v) is 3.31. The van der Waals surface area contributed by atoms with E-state index in [4.69, 9.17) is 0 Å². The number of nitrogens with zero attached hydrogens (tertiary/aromatic N) is 3. The van der Waals surface area contributed by atoms with Gasteiger partial charge in [-0.05, 0) is 60.3 Å². The van der Waals surface area contributed by atoms with Crippen molar-refractivity contribution < 1.29 is 4.79 Å². The first-order valence-electron chi connectivity index (χ1n) is 10.0. The number of rotatable bonds is 9. The maximum absolute atomic E-state index is 12.2. The molecule has 1 fully saturated rings. The van der Waals surface area contributed by atoms with E-state index in [2.05, 4.69) is 48.2 Å². The fourth-order valence-electron chi connectivity index (χ4n) is 3.31. The SMILES string of the molecule is CCNC(=NCC(=O)N1CCCCC1)NCCCN(C(C)C)C(C)C.I. The van der Waals surface area contributed by atoms with Gasteiger partial charge in [0.25, 0.3) is 0 Å². The number of halogens is 1. The highest BCUT2D eigenvalue weighted by atomic mass is 127. The van der Waals surface area contributed by atoms with Gasteiger partial charge >= 0.3 is 0 Å². The molecule has 0 spiro atoms. The van der Waals surface area contributed by atoms with Gasteiger partial charge in [-0.1, -0.05) is 0 Å². The lowest BCUT2D eigenvalue weighted by Gasteiger charge is -2.30. The zero-order valence-electron chi connectivity index (χ0n) is 17.4. The molecule has 0 radical (unpaired) electrons. The predicted octanol–water partition coefficient (Wildman–Crippen LogP) is 2.68. The Labute approximate surface area is 177 Å². The summed E-state index contributed by atoms with van der Waals surface area (Å²) in [5.41, 5.74) is 0. The summed E-state index contributed by atoms with van der Waals surface area (Å²) in [5, 5.41) is 6.58. The van der Waals surface area contributed by atoms with Crippen molar-refractivity contribution >= 4 is 35.8 Å². The molecule has 1 aliphatic rings. The van der Waals surface area contributed by atoms with E-state index in [-0.39, 0.29) is 36.4 Å². The van der Waals surface area contributed by atoms with Gasteiger partial charge in [0.15, 0.2) is 5.96 Å². The molecule has 1 aliphatic heterocycles.